The van der Waals surface area contributed by atoms with Crippen LogP contribution in [0, 0.1) is 11.2 Å². The first-order valence-electron chi connectivity index (χ1n) is 9.33. The SMILES string of the molecule is CCOC1CC(N)(C(=O)NCc2ccc(Oc3cccc(F)c3)nc2)C1(C)C. The third-order valence-electron chi connectivity index (χ3n) is 5.50. The van der Waals surface area contributed by atoms with Crippen molar-refractivity contribution in [3.05, 3.63) is 54.0 Å². The summed E-state index contributed by atoms with van der Waals surface area (Å²) in [4.78, 5) is 16.8. The Balaban J connectivity index is 1.56. The lowest BCUT2D eigenvalue weighted by Crippen LogP contribution is -2.75. The molecule has 6 nitrogen and oxygen atoms in total. The first-order valence-corrected chi connectivity index (χ1v) is 9.33. The molecule has 1 saturated carbocycles. The van der Waals surface area contributed by atoms with E-state index in [2.05, 4.69) is 10.3 Å². The zero-order valence-corrected chi connectivity index (χ0v) is 16.4. The van der Waals surface area contributed by atoms with Crippen molar-refractivity contribution >= 4 is 5.91 Å². The smallest absolute Gasteiger partial charge is 0.241 e. The summed E-state index contributed by atoms with van der Waals surface area (Å²) in [5, 5.41) is 2.89. The Hall–Kier alpha value is -2.51. The van der Waals surface area contributed by atoms with Gasteiger partial charge < -0.3 is 20.5 Å². The van der Waals surface area contributed by atoms with E-state index in [4.69, 9.17) is 15.2 Å². The van der Waals surface area contributed by atoms with Crippen molar-refractivity contribution in [1.29, 1.82) is 0 Å². The van der Waals surface area contributed by atoms with Crippen LogP contribution >= 0.6 is 0 Å². The van der Waals surface area contributed by atoms with Gasteiger partial charge >= 0.3 is 0 Å². The number of carbonyl (C=O) groups excluding carboxylic acids is 1. The molecule has 1 aliphatic rings. The third kappa shape index (κ3) is 3.86. The van der Waals surface area contributed by atoms with Crippen LogP contribution in [0.15, 0.2) is 42.6 Å². The van der Waals surface area contributed by atoms with Crippen LogP contribution in [0.1, 0.15) is 32.8 Å². The van der Waals surface area contributed by atoms with Crippen LogP contribution in [0.25, 0.3) is 0 Å². The summed E-state index contributed by atoms with van der Waals surface area (Å²) in [6.07, 6.45) is 2.08. The Morgan fingerprint density at radius 3 is 2.75 bits per heavy atom. The number of hydrogen-bond acceptors (Lipinski definition) is 5. The molecule has 0 bridgehead atoms. The lowest BCUT2D eigenvalue weighted by molar-refractivity contribution is -0.170. The lowest BCUT2D eigenvalue weighted by atomic mass is 9.54. The summed E-state index contributed by atoms with van der Waals surface area (Å²) in [5.74, 6) is 0.136. The van der Waals surface area contributed by atoms with E-state index in [0.717, 1.165) is 5.56 Å². The van der Waals surface area contributed by atoms with Crippen LogP contribution in [-0.2, 0) is 16.1 Å². The Bertz CT molecular complexity index is 841. The zero-order valence-electron chi connectivity index (χ0n) is 16.4. The van der Waals surface area contributed by atoms with Gasteiger partial charge in [-0.15, -0.1) is 0 Å². The van der Waals surface area contributed by atoms with Gasteiger partial charge in [-0.3, -0.25) is 4.79 Å². The maximum Gasteiger partial charge on any atom is 0.241 e. The van der Waals surface area contributed by atoms with Crippen LogP contribution < -0.4 is 15.8 Å². The molecule has 150 valence electrons. The summed E-state index contributed by atoms with van der Waals surface area (Å²) < 4.78 is 24.4. The third-order valence-corrected chi connectivity index (χ3v) is 5.50. The van der Waals surface area contributed by atoms with E-state index in [-0.39, 0.29) is 17.8 Å². The molecule has 3 N–H and O–H groups in total. The van der Waals surface area contributed by atoms with Gasteiger partial charge in [-0.2, -0.15) is 0 Å². The lowest BCUT2D eigenvalue weighted by Gasteiger charge is -2.57. The summed E-state index contributed by atoms with van der Waals surface area (Å²) in [6, 6.07) is 9.30. The van der Waals surface area contributed by atoms with Gasteiger partial charge in [0.05, 0.1) is 6.10 Å². The second-order valence-electron chi connectivity index (χ2n) is 7.59. The number of aromatic nitrogens is 1. The summed E-state index contributed by atoms with van der Waals surface area (Å²) in [5.41, 5.74) is 5.79. The average Bonchev–Trinajstić information content (AvgIpc) is 2.67. The Labute approximate surface area is 164 Å². The molecular formula is C21H26FN3O3. The predicted octanol–water partition coefficient (Wildman–Crippen LogP) is 3.16. The number of nitrogens with two attached hydrogens (primary N) is 1. The number of pyridine rings is 1. The molecular weight excluding hydrogens is 361 g/mol. The maximum absolute atomic E-state index is 13.2. The highest BCUT2D eigenvalue weighted by atomic mass is 19.1. The van der Waals surface area contributed by atoms with E-state index >= 15 is 0 Å². The van der Waals surface area contributed by atoms with Crippen molar-refractivity contribution in [1.82, 2.24) is 10.3 Å². The van der Waals surface area contributed by atoms with Gasteiger partial charge in [0.25, 0.3) is 0 Å². The standard InChI is InChI=1S/C21H26FN3O3/c1-4-27-17-11-21(23,20(17,2)3)19(26)25-13-14-8-9-18(24-12-14)28-16-7-5-6-15(22)10-16/h5-10,12,17H,4,11,13,23H2,1-3H3,(H,25,26). The van der Waals surface area contributed by atoms with E-state index in [1.807, 2.05) is 20.8 Å². The molecule has 3 rings (SSSR count). The minimum Gasteiger partial charge on any atom is -0.439 e. The zero-order chi connectivity index (χ0) is 20.4. The normalized spacial score (nSPS) is 23.0. The number of ether oxygens (including phenoxy) is 2. The molecule has 28 heavy (non-hydrogen) atoms. The number of benzene rings is 1. The molecule has 7 heteroatoms. The van der Waals surface area contributed by atoms with Crippen LogP contribution in [0.2, 0.25) is 0 Å². The van der Waals surface area contributed by atoms with E-state index in [1.54, 1.807) is 30.5 Å². The molecule has 2 aromatic rings. The van der Waals surface area contributed by atoms with Crippen molar-refractivity contribution in [2.45, 2.75) is 45.4 Å². The highest BCUT2D eigenvalue weighted by Crippen LogP contribution is 2.49. The first-order chi connectivity index (χ1) is 13.3. The van der Waals surface area contributed by atoms with E-state index < -0.39 is 11.0 Å². The highest BCUT2D eigenvalue weighted by Gasteiger charge is 2.62. The second-order valence-corrected chi connectivity index (χ2v) is 7.59. The van der Waals surface area contributed by atoms with Crippen molar-refractivity contribution in [3.63, 3.8) is 0 Å². The predicted molar refractivity (Wildman–Crippen MR) is 103 cm³/mol. The van der Waals surface area contributed by atoms with Crippen molar-refractivity contribution in [3.8, 4) is 11.6 Å². The minimum atomic E-state index is -0.958. The first kappa shape index (κ1) is 20.2. The Morgan fingerprint density at radius 2 is 2.14 bits per heavy atom. The molecule has 1 aromatic heterocycles. The van der Waals surface area contributed by atoms with Gasteiger partial charge in [-0.05, 0) is 24.6 Å². The van der Waals surface area contributed by atoms with Gasteiger partial charge in [0.1, 0.15) is 17.1 Å². The number of rotatable bonds is 7. The molecule has 1 aliphatic carbocycles. The second kappa shape index (κ2) is 7.85. The van der Waals surface area contributed by atoms with Gasteiger partial charge in [-0.1, -0.05) is 26.0 Å². The fourth-order valence-electron chi connectivity index (χ4n) is 3.39. The van der Waals surface area contributed by atoms with E-state index in [0.29, 0.717) is 31.2 Å². The number of nitrogens with one attached hydrogen (secondary N) is 1. The summed E-state index contributed by atoms with van der Waals surface area (Å²) in [6.45, 7) is 6.75. The van der Waals surface area contributed by atoms with E-state index in [1.165, 1.54) is 12.1 Å². The number of nitrogens with zero attached hydrogens (tertiary/aromatic N) is 1. The molecule has 2 atom stereocenters. The van der Waals surface area contributed by atoms with Crippen LogP contribution in [0.5, 0.6) is 11.6 Å². The van der Waals surface area contributed by atoms with Crippen LogP contribution in [0.4, 0.5) is 4.39 Å². The molecule has 2 unspecified atom stereocenters. The number of amides is 1. The molecule has 0 aliphatic heterocycles. The largest absolute Gasteiger partial charge is 0.439 e. The van der Waals surface area contributed by atoms with Gasteiger partial charge in [-0.25, -0.2) is 9.37 Å². The van der Waals surface area contributed by atoms with E-state index in [9.17, 15) is 9.18 Å². The van der Waals surface area contributed by atoms with Gasteiger partial charge in [0.2, 0.25) is 11.8 Å². The van der Waals surface area contributed by atoms with Crippen LogP contribution in [0.3, 0.4) is 0 Å². The molecule has 0 spiro atoms. The quantitative estimate of drug-likeness (QED) is 0.762. The van der Waals surface area contributed by atoms with Gasteiger partial charge in [0.15, 0.2) is 0 Å². The number of halogens is 1. The maximum atomic E-state index is 13.2. The molecule has 0 radical (unpaired) electrons. The minimum absolute atomic E-state index is 0.0193. The Kier molecular flexibility index (Phi) is 5.67. The fraction of sp³-hybridized carbons (Fsp3) is 0.429. The fourth-order valence-corrected chi connectivity index (χ4v) is 3.39. The van der Waals surface area contributed by atoms with Crippen LogP contribution in [-0.4, -0.2) is 29.1 Å². The Morgan fingerprint density at radius 1 is 1.36 bits per heavy atom. The number of hydrogen-bond donors (Lipinski definition) is 2. The van der Waals surface area contributed by atoms with Crippen molar-refractivity contribution in [2.24, 2.45) is 11.1 Å². The average molecular weight is 387 g/mol. The van der Waals surface area contributed by atoms with Gasteiger partial charge in [0, 0.05) is 43.3 Å². The molecule has 1 amide bonds. The molecule has 1 fully saturated rings. The van der Waals surface area contributed by atoms with Crippen molar-refractivity contribution in [2.75, 3.05) is 6.61 Å². The molecule has 0 saturated heterocycles. The molecule has 1 aromatic carbocycles. The topological polar surface area (TPSA) is 86.5 Å². The van der Waals surface area contributed by atoms with Crippen molar-refractivity contribution < 1.29 is 18.7 Å². The highest BCUT2D eigenvalue weighted by molar-refractivity contribution is 5.88. The monoisotopic (exact) mass is 387 g/mol. The molecule has 1 heterocycles. The summed E-state index contributed by atoms with van der Waals surface area (Å²) in [7, 11) is 0. The number of carbonyl (C=O) groups is 1. The summed E-state index contributed by atoms with van der Waals surface area (Å²) >= 11 is 0.